The average molecular weight is 338 g/mol. The van der Waals surface area contributed by atoms with E-state index in [4.69, 9.17) is 9.52 Å². The minimum absolute atomic E-state index is 0.0800. The molecule has 20 heavy (non-hydrogen) atoms. The number of hydrogen-bond donors (Lipinski definition) is 2. The number of aliphatic carboxylic acids is 1. The van der Waals surface area contributed by atoms with Crippen LogP contribution in [-0.2, 0) is 4.79 Å². The van der Waals surface area contributed by atoms with Gasteiger partial charge in [-0.1, -0.05) is 15.9 Å². The highest BCUT2D eigenvalue weighted by atomic mass is 79.9. The van der Waals surface area contributed by atoms with Crippen LogP contribution in [0.1, 0.15) is 23.4 Å². The smallest absolute Gasteiger partial charge is 0.306 e. The Balaban J connectivity index is 1.69. The van der Waals surface area contributed by atoms with E-state index in [9.17, 15) is 9.59 Å². The number of fused-ring (bicyclic) bond motifs is 1. The Morgan fingerprint density at radius 1 is 1.30 bits per heavy atom. The third kappa shape index (κ3) is 2.43. The van der Waals surface area contributed by atoms with Gasteiger partial charge in [0.1, 0.15) is 5.58 Å². The molecule has 1 heterocycles. The summed E-state index contributed by atoms with van der Waals surface area (Å²) in [6.07, 6.45) is 0.958. The summed E-state index contributed by atoms with van der Waals surface area (Å²) in [5.41, 5.74) is 0.648. The Bertz CT molecular complexity index is 688. The highest BCUT2D eigenvalue weighted by Gasteiger charge is 2.35. The zero-order chi connectivity index (χ0) is 14.3. The molecule has 1 saturated carbocycles. The van der Waals surface area contributed by atoms with Gasteiger partial charge in [-0.25, -0.2) is 0 Å². The molecule has 1 aromatic carbocycles. The van der Waals surface area contributed by atoms with E-state index in [1.165, 1.54) is 0 Å². The topological polar surface area (TPSA) is 79.5 Å². The van der Waals surface area contributed by atoms with Crippen LogP contribution >= 0.6 is 15.9 Å². The van der Waals surface area contributed by atoms with Crippen LogP contribution < -0.4 is 5.32 Å². The van der Waals surface area contributed by atoms with Crippen LogP contribution in [0.2, 0.25) is 0 Å². The zero-order valence-electron chi connectivity index (χ0n) is 10.4. The third-order valence-electron chi connectivity index (χ3n) is 3.52. The minimum atomic E-state index is -0.802. The molecule has 1 amide bonds. The number of nitrogens with one attached hydrogen (secondary N) is 1. The molecular formula is C14H12BrNO4. The van der Waals surface area contributed by atoms with Crippen molar-refractivity contribution >= 4 is 38.8 Å². The molecule has 0 spiro atoms. The molecule has 0 radical (unpaired) electrons. The van der Waals surface area contributed by atoms with E-state index in [0.29, 0.717) is 18.4 Å². The third-order valence-corrected chi connectivity index (χ3v) is 4.02. The molecule has 1 aliphatic carbocycles. The fourth-order valence-corrected chi connectivity index (χ4v) is 2.70. The van der Waals surface area contributed by atoms with Gasteiger partial charge < -0.3 is 14.8 Å². The van der Waals surface area contributed by atoms with Crippen molar-refractivity contribution in [1.29, 1.82) is 0 Å². The summed E-state index contributed by atoms with van der Waals surface area (Å²) in [4.78, 5) is 22.7. The van der Waals surface area contributed by atoms with Crippen molar-refractivity contribution in [3.8, 4) is 0 Å². The van der Waals surface area contributed by atoms with E-state index in [0.717, 1.165) is 9.86 Å². The number of benzene rings is 1. The fourth-order valence-electron chi connectivity index (χ4n) is 2.32. The molecule has 104 valence electrons. The SMILES string of the molecule is O=C(NC1CC(C(=O)O)C1)c1cc2cc(Br)ccc2o1. The van der Waals surface area contributed by atoms with Crippen LogP contribution in [0.3, 0.4) is 0 Å². The molecule has 0 aliphatic heterocycles. The first-order chi connectivity index (χ1) is 9.52. The first-order valence-corrected chi connectivity index (χ1v) is 7.05. The Labute approximate surface area is 123 Å². The summed E-state index contributed by atoms with van der Waals surface area (Å²) >= 11 is 3.36. The van der Waals surface area contributed by atoms with Crippen molar-refractivity contribution in [2.75, 3.05) is 0 Å². The summed E-state index contributed by atoms with van der Waals surface area (Å²) in [5.74, 6) is -1.20. The number of furan rings is 1. The summed E-state index contributed by atoms with van der Waals surface area (Å²) in [5, 5.41) is 12.4. The summed E-state index contributed by atoms with van der Waals surface area (Å²) in [6.45, 7) is 0. The number of amides is 1. The molecule has 0 atom stereocenters. The van der Waals surface area contributed by atoms with E-state index in [1.54, 1.807) is 12.1 Å². The predicted molar refractivity (Wildman–Crippen MR) is 75.5 cm³/mol. The van der Waals surface area contributed by atoms with E-state index >= 15 is 0 Å². The second kappa shape index (κ2) is 4.94. The van der Waals surface area contributed by atoms with Crippen molar-refractivity contribution in [2.24, 2.45) is 5.92 Å². The molecule has 5 nitrogen and oxygen atoms in total. The normalized spacial score (nSPS) is 21.4. The summed E-state index contributed by atoms with van der Waals surface area (Å²) in [7, 11) is 0. The van der Waals surface area contributed by atoms with Crippen LogP contribution in [0.4, 0.5) is 0 Å². The fraction of sp³-hybridized carbons (Fsp3) is 0.286. The van der Waals surface area contributed by atoms with Crippen molar-refractivity contribution in [2.45, 2.75) is 18.9 Å². The van der Waals surface area contributed by atoms with Crippen molar-refractivity contribution in [1.82, 2.24) is 5.32 Å². The molecular weight excluding hydrogens is 326 g/mol. The zero-order valence-corrected chi connectivity index (χ0v) is 12.0. The lowest BCUT2D eigenvalue weighted by atomic mass is 9.80. The van der Waals surface area contributed by atoms with E-state index < -0.39 is 5.97 Å². The molecule has 1 fully saturated rings. The Morgan fingerprint density at radius 2 is 2.05 bits per heavy atom. The van der Waals surface area contributed by atoms with Gasteiger partial charge in [0.2, 0.25) is 0 Å². The Hall–Kier alpha value is -1.82. The molecule has 6 heteroatoms. The van der Waals surface area contributed by atoms with Crippen LogP contribution in [0.5, 0.6) is 0 Å². The van der Waals surface area contributed by atoms with Crippen LogP contribution in [0.25, 0.3) is 11.0 Å². The maximum absolute atomic E-state index is 12.0. The van der Waals surface area contributed by atoms with Gasteiger partial charge in [0.05, 0.1) is 5.92 Å². The van der Waals surface area contributed by atoms with E-state index in [-0.39, 0.29) is 23.6 Å². The molecule has 2 N–H and O–H groups in total. The number of carbonyl (C=O) groups excluding carboxylic acids is 1. The van der Waals surface area contributed by atoms with E-state index in [1.807, 2.05) is 12.1 Å². The minimum Gasteiger partial charge on any atom is -0.481 e. The maximum Gasteiger partial charge on any atom is 0.306 e. The van der Waals surface area contributed by atoms with Crippen molar-refractivity contribution in [3.63, 3.8) is 0 Å². The molecule has 1 aromatic heterocycles. The highest BCUT2D eigenvalue weighted by molar-refractivity contribution is 9.10. The van der Waals surface area contributed by atoms with Crippen LogP contribution in [-0.4, -0.2) is 23.0 Å². The summed E-state index contributed by atoms with van der Waals surface area (Å²) in [6, 6.07) is 7.11. The standard InChI is InChI=1S/C14H12BrNO4/c15-9-1-2-11-7(3-9)6-12(20-11)13(17)16-10-4-8(5-10)14(18)19/h1-3,6,8,10H,4-5H2,(H,16,17)(H,18,19). The van der Waals surface area contributed by atoms with Gasteiger partial charge in [-0.2, -0.15) is 0 Å². The number of carboxylic acid groups (broad SMARTS) is 1. The highest BCUT2D eigenvalue weighted by Crippen LogP contribution is 2.28. The molecule has 0 bridgehead atoms. The first kappa shape index (κ1) is 13.2. The quantitative estimate of drug-likeness (QED) is 0.902. The van der Waals surface area contributed by atoms with Crippen LogP contribution in [0, 0.1) is 5.92 Å². The molecule has 0 saturated heterocycles. The van der Waals surface area contributed by atoms with E-state index in [2.05, 4.69) is 21.2 Å². The number of carboxylic acids is 1. The Morgan fingerprint density at radius 3 is 2.75 bits per heavy atom. The number of halogens is 1. The average Bonchev–Trinajstić information content (AvgIpc) is 2.75. The number of carbonyl (C=O) groups is 2. The maximum atomic E-state index is 12.0. The van der Waals surface area contributed by atoms with Gasteiger partial charge in [0, 0.05) is 15.9 Å². The van der Waals surface area contributed by atoms with Gasteiger partial charge in [-0.3, -0.25) is 9.59 Å². The molecule has 2 aromatic rings. The number of hydrogen-bond acceptors (Lipinski definition) is 3. The second-order valence-electron chi connectivity index (χ2n) is 4.97. The monoisotopic (exact) mass is 337 g/mol. The lowest BCUT2D eigenvalue weighted by molar-refractivity contribution is -0.145. The van der Waals surface area contributed by atoms with Crippen LogP contribution in [0.15, 0.2) is 33.2 Å². The first-order valence-electron chi connectivity index (χ1n) is 6.25. The number of rotatable bonds is 3. The van der Waals surface area contributed by atoms with Gasteiger partial charge in [-0.15, -0.1) is 0 Å². The lowest BCUT2D eigenvalue weighted by Gasteiger charge is -2.32. The Kier molecular flexibility index (Phi) is 3.25. The predicted octanol–water partition coefficient (Wildman–Crippen LogP) is 2.79. The summed E-state index contributed by atoms with van der Waals surface area (Å²) < 4.78 is 6.40. The van der Waals surface area contributed by atoms with Gasteiger partial charge in [0.15, 0.2) is 5.76 Å². The molecule has 3 rings (SSSR count). The van der Waals surface area contributed by atoms with Crippen molar-refractivity contribution in [3.05, 3.63) is 34.5 Å². The largest absolute Gasteiger partial charge is 0.481 e. The van der Waals surface area contributed by atoms with Gasteiger partial charge in [-0.05, 0) is 37.1 Å². The second-order valence-corrected chi connectivity index (χ2v) is 5.89. The molecule has 0 unspecified atom stereocenters. The van der Waals surface area contributed by atoms with Gasteiger partial charge >= 0.3 is 5.97 Å². The lowest BCUT2D eigenvalue weighted by Crippen LogP contribution is -2.46. The molecule has 1 aliphatic rings. The van der Waals surface area contributed by atoms with Gasteiger partial charge in [0.25, 0.3) is 5.91 Å². The van der Waals surface area contributed by atoms with Crippen molar-refractivity contribution < 1.29 is 19.1 Å².